The highest BCUT2D eigenvalue weighted by Gasteiger charge is 2.35. The van der Waals surface area contributed by atoms with Crippen molar-refractivity contribution in [3.05, 3.63) is 0 Å². The molecule has 0 aromatic heterocycles. The van der Waals surface area contributed by atoms with Gasteiger partial charge in [0, 0.05) is 6.54 Å². The number of hydrogen-bond acceptors (Lipinski definition) is 3. The Morgan fingerprint density at radius 2 is 2.07 bits per heavy atom. The molecule has 1 aliphatic heterocycles. The number of rotatable bonds is 3. The lowest BCUT2D eigenvalue weighted by Crippen LogP contribution is -2.43. The van der Waals surface area contributed by atoms with Crippen molar-refractivity contribution in [1.29, 1.82) is 0 Å². The minimum absolute atomic E-state index is 0.0819. The van der Waals surface area contributed by atoms with Gasteiger partial charge in [0.2, 0.25) is 10.0 Å². The van der Waals surface area contributed by atoms with Crippen molar-refractivity contribution in [3.63, 3.8) is 0 Å². The van der Waals surface area contributed by atoms with E-state index in [-0.39, 0.29) is 11.2 Å². The Bertz CT molecular complexity index is 311. The highest BCUT2D eigenvalue weighted by atomic mass is 32.2. The number of nitrogens with zero attached hydrogens (tertiary/aromatic N) is 1. The van der Waals surface area contributed by atoms with Crippen LogP contribution in [0.15, 0.2) is 0 Å². The van der Waals surface area contributed by atoms with E-state index in [1.54, 1.807) is 0 Å². The summed E-state index contributed by atoms with van der Waals surface area (Å²) in [4.78, 5) is 2.26. The summed E-state index contributed by atoms with van der Waals surface area (Å²) in [6.07, 6.45) is 2.25. The Morgan fingerprint density at radius 3 is 2.53 bits per heavy atom. The molecule has 1 unspecified atom stereocenters. The summed E-state index contributed by atoms with van der Waals surface area (Å²) >= 11 is 0. The standard InChI is InChI=1S/C10H22N2O2S/c1-10(2,8-15(11,13)14)9-5-4-6-12(3)7-9/h9H,4-8H2,1-3H3,(H2,11,13,14). The zero-order chi connectivity index (χ0) is 11.7. The summed E-state index contributed by atoms with van der Waals surface area (Å²) in [5.74, 6) is 0.507. The van der Waals surface area contributed by atoms with Crippen molar-refractivity contribution in [1.82, 2.24) is 4.90 Å². The van der Waals surface area contributed by atoms with E-state index >= 15 is 0 Å². The molecule has 1 rings (SSSR count). The van der Waals surface area contributed by atoms with Gasteiger partial charge in [-0.3, -0.25) is 0 Å². The van der Waals surface area contributed by atoms with Crippen molar-refractivity contribution in [3.8, 4) is 0 Å². The van der Waals surface area contributed by atoms with Crippen LogP contribution in [-0.4, -0.2) is 39.2 Å². The first-order valence-electron chi connectivity index (χ1n) is 5.40. The van der Waals surface area contributed by atoms with E-state index in [0.717, 1.165) is 25.9 Å². The number of primary sulfonamides is 1. The number of hydrogen-bond donors (Lipinski definition) is 1. The van der Waals surface area contributed by atoms with Crippen LogP contribution in [0.25, 0.3) is 0 Å². The molecule has 0 saturated carbocycles. The molecule has 90 valence electrons. The van der Waals surface area contributed by atoms with E-state index in [0.29, 0.717) is 5.92 Å². The third kappa shape index (κ3) is 4.09. The van der Waals surface area contributed by atoms with E-state index in [1.807, 2.05) is 13.8 Å². The van der Waals surface area contributed by atoms with Crippen LogP contribution in [0.5, 0.6) is 0 Å². The fourth-order valence-electron chi connectivity index (χ4n) is 2.44. The second-order valence-electron chi connectivity index (χ2n) is 5.40. The molecule has 0 bridgehead atoms. The first kappa shape index (κ1) is 12.9. The van der Waals surface area contributed by atoms with Crippen LogP contribution >= 0.6 is 0 Å². The van der Waals surface area contributed by atoms with Crippen LogP contribution in [0, 0.1) is 11.3 Å². The highest BCUT2D eigenvalue weighted by Crippen LogP contribution is 2.34. The molecule has 0 spiro atoms. The SMILES string of the molecule is CN1CCCC(C(C)(C)CS(N)(=O)=O)C1. The molecule has 0 radical (unpaired) electrons. The second-order valence-corrected chi connectivity index (χ2v) is 7.01. The van der Waals surface area contributed by atoms with Gasteiger partial charge in [-0.2, -0.15) is 0 Å². The molecule has 5 heteroatoms. The van der Waals surface area contributed by atoms with Crippen molar-refractivity contribution in [2.75, 3.05) is 25.9 Å². The zero-order valence-electron chi connectivity index (χ0n) is 9.86. The monoisotopic (exact) mass is 234 g/mol. The fraction of sp³-hybridized carbons (Fsp3) is 1.00. The van der Waals surface area contributed by atoms with Gasteiger partial charge in [0.1, 0.15) is 0 Å². The summed E-state index contributed by atoms with van der Waals surface area (Å²) in [5.41, 5.74) is -0.220. The molecule has 0 aliphatic carbocycles. The Hall–Kier alpha value is -0.130. The average Bonchev–Trinajstić information content (AvgIpc) is 1.99. The van der Waals surface area contributed by atoms with Crippen LogP contribution < -0.4 is 5.14 Å². The molecular weight excluding hydrogens is 212 g/mol. The molecule has 0 aromatic rings. The van der Waals surface area contributed by atoms with E-state index < -0.39 is 10.0 Å². The minimum atomic E-state index is -3.37. The molecule has 1 fully saturated rings. The highest BCUT2D eigenvalue weighted by molar-refractivity contribution is 7.89. The van der Waals surface area contributed by atoms with Crippen LogP contribution in [0.3, 0.4) is 0 Å². The Balaban J connectivity index is 2.67. The van der Waals surface area contributed by atoms with Gasteiger partial charge in [0.25, 0.3) is 0 Å². The predicted molar refractivity (Wildman–Crippen MR) is 62.0 cm³/mol. The summed E-state index contributed by atoms with van der Waals surface area (Å²) < 4.78 is 22.3. The minimum Gasteiger partial charge on any atom is -0.306 e. The molecule has 4 nitrogen and oxygen atoms in total. The molecule has 0 amide bonds. The number of likely N-dealkylation sites (tertiary alicyclic amines) is 1. The second kappa shape index (κ2) is 4.39. The van der Waals surface area contributed by atoms with Crippen LogP contribution in [-0.2, 0) is 10.0 Å². The van der Waals surface area contributed by atoms with Crippen LogP contribution in [0.4, 0.5) is 0 Å². The maximum atomic E-state index is 11.1. The van der Waals surface area contributed by atoms with Gasteiger partial charge in [-0.1, -0.05) is 13.8 Å². The van der Waals surface area contributed by atoms with E-state index in [4.69, 9.17) is 5.14 Å². The third-order valence-electron chi connectivity index (χ3n) is 3.30. The molecule has 1 saturated heterocycles. The van der Waals surface area contributed by atoms with Gasteiger partial charge in [0.15, 0.2) is 0 Å². The maximum Gasteiger partial charge on any atom is 0.209 e. The van der Waals surface area contributed by atoms with Crippen molar-refractivity contribution >= 4 is 10.0 Å². The summed E-state index contributed by atoms with van der Waals surface area (Å²) in [5, 5.41) is 5.12. The lowest BCUT2D eigenvalue weighted by molar-refractivity contribution is 0.119. The molecular formula is C10H22N2O2S. The van der Waals surface area contributed by atoms with E-state index in [9.17, 15) is 8.42 Å². The van der Waals surface area contributed by atoms with Gasteiger partial charge in [0.05, 0.1) is 5.75 Å². The van der Waals surface area contributed by atoms with E-state index in [1.165, 1.54) is 0 Å². The zero-order valence-corrected chi connectivity index (χ0v) is 10.7. The van der Waals surface area contributed by atoms with Gasteiger partial charge in [-0.15, -0.1) is 0 Å². The van der Waals surface area contributed by atoms with Gasteiger partial charge < -0.3 is 4.90 Å². The molecule has 1 aliphatic rings. The molecule has 15 heavy (non-hydrogen) atoms. The first-order chi connectivity index (χ1) is 6.71. The maximum absolute atomic E-state index is 11.1. The molecule has 0 aromatic carbocycles. The Morgan fingerprint density at radius 1 is 1.47 bits per heavy atom. The van der Waals surface area contributed by atoms with Crippen LogP contribution in [0.2, 0.25) is 0 Å². The van der Waals surface area contributed by atoms with Crippen molar-refractivity contribution < 1.29 is 8.42 Å². The topological polar surface area (TPSA) is 63.4 Å². The normalized spacial score (nSPS) is 25.5. The third-order valence-corrected chi connectivity index (χ3v) is 4.45. The van der Waals surface area contributed by atoms with E-state index in [2.05, 4.69) is 11.9 Å². The fourth-order valence-corrected chi connectivity index (χ4v) is 3.71. The first-order valence-corrected chi connectivity index (χ1v) is 7.11. The summed E-state index contributed by atoms with van der Waals surface area (Å²) in [6.45, 7) is 6.09. The van der Waals surface area contributed by atoms with Crippen molar-refractivity contribution in [2.45, 2.75) is 26.7 Å². The molecule has 1 heterocycles. The van der Waals surface area contributed by atoms with Gasteiger partial charge >= 0.3 is 0 Å². The van der Waals surface area contributed by atoms with Crippen molar-refractivity contribution in [2.24, 2.45) is 16.5 Å². The molecule has 2 N–H and O–H groups in total. The number of sulfonamides is 1. The predicted octanol–water partition coefficient (Wildman–Crippen LogP) is 0.643. The lowest BCUT2D eigenvalue weighted by atomic mass is 9.76. The summed E-state index contributed by atoms with van der Waals surface area (Å²) in [6, 6.07) is 0. The smallest absolute Gasteiger partial charge is 0.209 e. The quantitative estimate of drug-likeness (QED) is 0.779. The largest absolute Gasteiger partial charge is 0.306 e. The molecule has 1 atom stereocenters. The Labute approximate surface area is 92.9 Å². The van der Waals surface area contributed by atoms with Gasteiger partial charge in [-0.25, -0.2) is 13.6 Å². The van der Waals surface area contributed by atoms with Crippen LogP contribution in [0.1, 0.15) is 26.7 Å². The summed E-state index contributed by atoms with van der Waals surface area (Å²) in [7, 11) is -1.28. The number of nitrogens with two attached hydrogens (primary N) is 1. The lowest BCUT2D eigenvalue weighted by Gasteiger charge is -2.39. The number of piperidine rings is 1. The Kier molecular flexibility index (Phi) is 3.79. The average molecular weight is 234 g/mol. The van der Waals surface area contributed by atoms with Gasteiger partial charge in [-0.05, 0) is 37.8 Å².